The van der Waals surface area contributed by atoms with Gasteiger partial charge in [-0.25, -0.2) is 4.98 Å². The van der Waals surface area contributed by atoms with Gasteiger partial charge in [0.25, 0.3) is 0 Å². The van der Waals surface area contributed by atoms with Crippen molar-refractivity contribution in [1.82, 2.24) is 9.88 Å². The zero-order valence-electron chi connectivity index (χ0n) is 24.6. The third kappa shape index (κ3) is 6.31. The zero-order chi connectivity index (χ0) is 29.1. The molecule has 2 saturated heterocycles. The van der Waals surface area contributed by atoms with Gasteiger partial charge in [-0.1, -0.05) is 35.9 Å². The minimum absolute atomic E-state index is 0.374. The predicted octanol–water partition coefficient (Wildman–Crippen LogP) is 5.10. The molecular weight excluding hydrogens is 530 g/mol. The first kappa shape index (κ1) is 28.6. The lowest BCUT2D eigenvalue weighted by Crippen LogP contribution is -2.47. The van der Waals surface area contributed by atoms with Gasteiger partial charge in [-0.2, -0.15) is 0 Å². The van der Waals surface area contributed by atoms with Gasteiger partial charge in [-0.3, -0.25) is 9.69 Å². The molecule has 1 N–H and O–H groups in total. The lowest BCUT2D eigenvalue weighted by atomic mass is 9.94. The van der Waals surface area contributed by atoms with Crippen molar-refractivity contribution >= 4 is 11.8 Å². The zero-order valence-corrected chi connectivity index (χ0v) is 24.6. The number of hydrogen-bond acceptors (Lipinski definition) is 7. The fourth-order valence-corrected chi connectivity index (χ4v) is 6.61. The largest absolute Gasteiger partial charge is 0.488 e. The summed E-state index contributed by atoms with van der Waals surface area (Å²) in [5.74, 6) is 0.310. The first-order valence-electron chi connectivity index (χ1n) is 15.1. The molecule has 3 aromatic rings. The number of carbonyl (C=O) groups is 1. The van der Waals surface area contributed by atoms with E-state index in [1.54, 1.807) is 7.11 Å². The smallest absolute Gasteiger partial charge is 0.309 e. The lowest BCUT2D eigenvalue weighted by molar-refractivity contribution is -0.147. The standard InChI is InChI=1S/C34H41N3O5/c1-23-6-9-31(42-22-24-7-8-26-20-36(14-10-25(26)19-24)27-12-16-41-17-13-27)29(18-23)30-4-3-5-33(35-30)37-15-11-28(34(38)39)32(21-37)40-2/h3-9,18-19,27-28,32H,10-17,20-22H2,1-2H3,(H,38,39)/t28-,32+/m0/s1. The highest BCUT2D eigenvalue weighted by molar-refractivity contribution is 5.72. The molecule has 0 unspecified atom stereocenters. The molecule has 4 heterocycles. The number of anilines is 1. The number of nitrogens with zero attached hydrogens (tertiary/aromatic N) is 3. The fraction of sp³-hybridized carbons (Fsp3) is 0.471. The Morgan fingerprint density at radius 1 is 1.05 bits per heavy atom. The van der Waals surface area contributed by atoms with Crippen LogP contribution in [-0.2, 0) is 33.8 Å². The van der Waals surface area contributed by atoms with Gasteiger partial charge in [0.15, 0.2) is 0 Å². The number of aliphatic carboxylic acids is 1. The predicted molar refractivity (Wildman–Crippen MR) is 162 cm³/mol. The van der Waals surface area contributed by atoms with Crippen LogP contribution in [0.2, 0.25) is 0 Å². The van der Waals surface area contributed by atoms with Crippen LogP contribution in [0.1, 0.15) is 41.5 Å². The third-order valence-electron chi connectivity index (χ3n) is 9.06. The summed E-state index contributed by atoms with van der Waals surface area (Å²) in [5, 5.41) is 9.56. The Morgan fingerprint density at radius 3 is 2.71 bits per heavy atom. The second-order valence-corrected chi connectivity index (χ2v) is 11.8. The SMILES string of the molecule is CO[C@@H]1CN(c2cccc(-c3cc(C)ccc3OCc3ccc4c(c3)CCN(C3CCOCC3)C4)n2)CC[C@@H]1C(=O)O. The van der Waals surface area contributed by atoms with E-state index in [0.29, 0.717) is 32.2 Å². The molecule has 0 bridgehead atoms. The number of rotatable bonds is 8. The van der Waals surface area contributed by atoms with E-state index in [0.717, 1.165) is 74.0 Å². The van der Waals surface area contributed by atoms with Gasteiger partial charge in [0.2, 0.25) is 0 Å². The molecule has 6 rings (SSSR count). The van der Waals surface area contributed by atoms with E-state index in [1.165, 1.54) is 16.7 Å². The Bertz CT molecular complexity index is 1410. The first-order valence-corrected chi connectivity index (χ1v) is 15.1. The van der Waals surface area contributed by atoms with Crippen molar-refractivity contribution in [2.24, 2.45) is 5.92 Å². The number of fused-ring (bicyclic) bond motifs is 1. The van der Waals surface area contributed by atoms with E-state index in [-0.39, 0.29) is 6.10 Å². The van der Waals surface area contributed by atoms with Crippen LogP contribution in [0, 0.1) is 12.8 Å². The van der Waals surface area contributed by atoms with Crippen molar-refractivity contribution in [2.45, 2.75) is 57.9 Å². The topological polar surface area (TPSA) is 84.4 Å². The lowest BCUT2D eigenvalue weighted by Gasteiger charge is -2.37. The van der Waals surface area contributed by atoms with Gasteiger partial charge < -0.3 is 24.2 Å². The van der Waals surface area contributed by atoms with Gasteiger partial charge in [0.1, 0.15) is 18.2 Å². The molecule has 2 fully saturated rings. The molecule has 0 amide bonds. The van der Waals surface area contributed by atoms with Gasteiger partial charge in [0.05, 0.1) is 17.7 Å². The van der Waals surface area contributed by atoms with Crippen molar-refractivity contribution in [1.29, 1.82) is 0 Å². The minimum atomic E-state index is -0.805. The second-order valence-electron chi connectivity index (χ2n) is 11.8. The minimum Gasteiger partial charge on any atom is -0.488 e. The highest BCUT2D eigenvalue weighted by Gasteiger charge is 2.35. The van der Waals surface area contributed by atoms with Crippen LogP contribution < -0.4 is 9.64 Å². The van der Waals surface area contributed by atoms with Gasteiger partial charge in [0, 0.05) is 58.1 Å². The molecule has 222 valence electrons. The number of pyridine rings is 1. The summed E-state index contributed by atoms with van der Waals surface area (Å²) in [6.45, 7) is 7.56. The summed E-state index contributed by atoms with van der Waals surface area (Å²) in [5.41, 5.74) is 6.95. The highest BCUT2D eigenvalue weighted by Crippen LogP contribution is 2.33. The van der Waals surface area contributed by atoms with Crippen LogP contribution in [0.25, 0.3) is 11.3 Å². The third-order valence-corrected chi connectivity index (χ3v) is 9.06. The quantitative estimate of drug-likeness (QED) is 0.400. The summed E-state index contributed by atoms with van der Waals surface area (Å²) >= 11 is 0. The summed E-state index contributed by atoms with van der Waals surface area (Å²) in [6.07, 6.45) is 3.48. The fourth-order valence-electron chi connectivity index (χ4n) is 6.61. The van der Waals surface area contributed by atoms with Gasteiger partial charge in [-0.15, -0.1) is 0 Å². The van der Waals surface area contributed by atoms with E-state index >= 15 is 0 Å². The summed E-state index contributed by atoms with van der Waals surface area (Å²) in [4.78, 5) is 21.4. The van der Waals surface area contributed by atoms with Crippen LogP contribution in [0.15, 0.2) is 54.6 Å². The average molecular weight is 572 g/mol. The average Bonchev–Trinajstić information content (AvgIpc) is 3.04. The molecular formula is C34H41N3O5. The molecule has 3 aliphatic rings. The summed E-state index contributed by atoms with van der Waals surface area (Å²) < 4.78 is 17.5. The maximum atomic E-state index is 11.6. The normalized spacial score (nSPS) is 21.6. The number of hydrogen-bond donors (Lipinski definition) is 1. The molecule has 8 nitrogen and oxygen atoms in total. The van der Waals surface area contributed by atoms with Crippen molar-refractivity contribution in [3.8, 4) is 17.0 Å². The van der Waals surface area contributed by atoms with Gasteiger partial charge in [-0.05, 0) is 73.6 Å². The maximum Gasteiger partial charge on any atom is 0.309 e. The van der Waals surface area contributed by atoms with E-state index in [1.807, 2.05) is 24.3 Å². The number of benzene rings is 2. The number of carboxylic acids is 1. The molecule has 0 aliphatic carbocycles. The van der Waals surface area contributed by atoms with Crippen molar-refractivity contribution in [2.75, 3.05) is 44.9 Å². The van der Waals surface area contributed by atoms with Crippen molar-refractivity contribution in [3.05, 3.63) is 76.9 Å². The van der Waals surface area contributed by atoms with E-state index < -0.39 is 11.9 Å². The summed E-state index contributed by atoms with van der Waals surface area (Å²) in [6, 6.07) is 19.6. The molecule has 2 atom stereocenters. The van der Waals surface area contributed by atoms with Gasteiger partial charge >= 0.3 is 5.97 Å². The van der Waals surface area contributed by atoms with E-state index in [4.69, 9.17) is 19.2 Å². The molecule has 3 aliphatic heterocycles. The number of aromatic nitrogens is 1. The van der Waals surface area contributed by atoms with Crippen LogP contribution in [0.5, 0.6) is 5.75 Å². The Hall–Kier alpha value is -3.46. The van der Waals surface area contributed by atoms with Crippen LogP contribution >= 0.6 is 0 Å². The number of ether oxygens (including phenoxy) is 3. The van der Waals surface area contributed by atoms with Crippen LogP contribution in [-0.4, -0.2) is 73.1 Å². The van der Waals surface area contributed by atoms with Crippen LogP contribution in [0.4, 0.5) is 5.82 Å². The number of piperidine rings is 1. The molecule has 2 aromatic carbocycles. The number of methoxy groups -OCH3 is 1. The Kier molecular flexibility index (Phi) is 8.74. The Morgan fingerprint density at radius 2 is 1.90 bits per heavy atom. The van der Waals surface area contributed by atoms with Crippen molar-refractivity contribution < 1.29 is 24.1 Å². The van der Waals surface area contributed by atoms with E-state index in [9.17, 15) is 9.90 Å². The molecule has 1 aromatic heterocycles. The van der Waals surface area contributed by atoms with E-state index in [2.05, 4.69) is 47.1 Å². The molecule has 0 saturated carbocycles. The number of carboxylic acid groups (broad SMARTS) is 1. The Labute approximate surface area is 248 Å². The van der Waals surface area contributed by atoms with Crippen molar-refractivity contribution in [3.63, 3.8) is 0 Å². The maximum absolute atomic E-state index is 11.6. The summed E-state index contributed by atoms with van der Waals surface area (Å²) in [7, 11) is 1.58. The highest BCUT2D eigenvalue weighted by atomic mass is 16.5. The number of aryl methyl sites for hydroxylation is 1. The molecule has 0 radical (unpaired) electrons. The first-order chi connectivity index (χ1) is 20.5. The molecule has 8 heteroatoms. The van der Waals surface area contributed by atoms with Crippen LogP contribution in [0.3, 0.4) is 0 Å². The monoisotopic (exact) mass is 571 g/mol. The Balaban J connectivity index is 1.16. The molecule has 0 spiro atoms. The molecule has 42 heavy (non-hydrogen) atoms. The second kappa shape index (κ2) is 12.8.